The highest BCUT2D eigenvalue weighted by molar-refractivity contribution is 5.91. The molecule has 2 aromatic carbocycles. The lowest BCUT2D eigenvalue weighted by Crippen LogP contribution is -2.37. The van der Waals surface area contributed by atoms with Gasteiger partial charge in [0.25, 0.3) is 0 Å². The first-order chi connectivity index (χ1) is 20.2. The molecule has 210 valence electrons. The number of hydrogen-bond acceptors (Lipinski definition) is 6. The van der Waals surface area contributed by atoms with E-state index in [1.807, 2.05) is 40.9 Å². The molecular weight excluding hydrogens is 512 g/mol. The summed E-state index contributed by atoms with van der Waals surface area (Å²) in [5, 5.41) is 4.12. The Morgan fingerprint density at radius 3 is 2.59 bits per heavy atom. The van der Waals surface area contributed by atoms with Crippen molar-refractivity contribution in [3.63, 3.8) is 0 Å². The Labute approximate surface area is 240 Å². The average molecular weight is 549 g/mol. The molecule has 1 atom stereocenters. The number of anilines is 1. The van der Waals surface area contributed by atoms with Gasteiger partial charge in [-0.3, -0.25) is 4.79 Å². The molecule has 41 heavy (non-hydrogen) atoms. The molecule has 8 nitrogen and oxygen atoms in total. The van der Waals surface area contributed by atoms with Crippen molar-refractivity contribution >= 4 is 28.1 Å². The third kappa shape index (κ3) is 6.23. The highest BCUT2D eigenvalue weighted by Crippen LogP contribution is 2.29. The highest BCUT2D eigenvalue weighted by atomic mass is 16.5. The maximum absolute atomic E-state index is 11.7. The molecule has 1 aliphatic heterocycles. The minimum atomic E-state index is -0.159. The van der Waals surface area contributed by atoms with E-state index in [1.54, 1.807) is 12.5 Å². The van der Waals surface area contributed by atoms with Crippen LogP contribution in [0.1, 0.15) is 44.9 Å². The molecule has 1 saturated carbocycles. The van der Waals surface area contributed by atoms with E-state index < -0.39 is 0 Å². The van der Waals surface area contributed by atoms with Gasteiger partial charge in [-0.1, -0.05) is 67.8 Å². The van der Waals surface area contributed by atoms with Gasteiger partial charge in [0.05, 0.1) is 16.9 Å². The second-order valence-electron chi connectivity index (χ2n) is 10.9. The number of nitrogens with one attached hydrogen (secondary N) is 1. The Morgan fingerprint density at radius 1 is 0.951 bits per heavy atom. The van der Waals surface area contributed by atoms with Crippen LogP contribution in [-0.2, 0) is 9.53 Å². The zero-order chi connectivity index (χ0) is 28.0. The van der Waals surface area contributed by atoms with Crippen molar-refractivity contribution in [3.8, 4) is 22.5 Å². The number of carbonyl (C=O) groups is 1. The smallest absolute Gasteiger partial charge is 0.249 e. The van der Waals surface area contributed by atoms with Gasteiger partial charge in [0.1, 0.15) is 23.8 Å². The van der Waals surface area contributed by atoms with Crippen LogP contribution in [0.4, 0.5) is 5.82 Å². The topological polar surface area (TPSA) is 107 Å². The SMILES string of the molecule is Nc1nccn2cnc(-c3ccc4ccc(-c5ccccc5)nc4c3)c12.O=C(NCC1CCCCC1)C1CCCO1. The first-order valence-corrected chi connectivity index (χ1v) is 14.6. The number of hydrogen-bond donors (Lipinski definition) is 2. The zero-order valence-corrected chi connectivity index (χ0v) is 23.2. The van der Waals surface area contributed by atoms with Gasteiger partial charge in [0, 0.05) is 42.1 Å². The van der Waals surface area contributed by atoms with Gasteiger partial charge in [-0.25, -0.2) is 15.0 Å². The molecule has 0 spiro atoms. The summed E-state index contributed by atoms with van der Waals surface area (Å²) in [6.45, 7) is 1.61. The standard InChI is InChI=1S/C21H15N5.C12H21NO2/c22-21-20-19(24-13-26(20)11-10-23-21)16-7-6-15-8-9-17(25-18(15)12-16)14-4-2-1-3-5-14;14-12(11-7-4-8-15-11)13-9-10-5-2-1-3-6-10/h1-13H,(H2,22,23);10-11H,1-9H2,(H,13,14). The lowest BCUT2D eigenvalue weighted by atomic mass is 9.89. The number of amides is 1. The van der Waals surface area contributed by atoms with Gasteiger partial charge < -0.3 is 20.2 Å². The maximum atomic E-state index is 11.7. The number of benzene rings is 2. The quantitative estimate of drug-likeness (QED) is 0.277. The molecule has 1 aliphatic carbocycles. The Bertz CT molecular complexity index is 1620. The summed E-state index contributed by atoms with van der Waals surface area (Å²) in [6, 6.07) is 20.5. The number of pyridine rings is 1. The fourth-order valence-electron chi connectivity index (χ4n) is 5.75. The molecule has 3 aromatic heterocycles. The van der Waals surface area contributed by atoms with Crippen molar-refractivity contribution in [2.45, 2.75) is 51.0 Å². The van der Waals surface area contributed by atoms with Crippen LogP contribution < -0.4 is 11.1 Å². The lowest BCUT2D eigenvalue weighted by molar-refractivity contribution is -0.130. The molecule has 3 N–H and O–H groups in total. The predicted molar refractivity (Wildman–Crippen MR) is 162 cm³/mol. The van der Waals surface area contributed by atoms with Crippen molar-refractivity contribution in [1.82, 2.24) is 24.7 Å². The van der Waals surface area contributed by atoms with Crippen LogP contribution in [0.25, 0.3) is 38.9 Å². The number of imidazole rings is 1. The second-order valence-corrected chi connectivity index (χ2v) is 10.9. The van der Waals surface area contributed by atoms with Gasteiger partial charge in [-0.05, 0) is 43.7 Å². The number of nitrogens with two attached hydrogens (primary N) is 1. The predicted octanol–water partition coefficient (Wildman–Crippen LogP) is 6.06. The van der Waals surface area contributed by atoms with Crippen LogP contribution in [0.5, 0.6) is 0 Å². The van der Waals surface area contributed by atoms with E-state index in [-0.39, 0.29) is 12.0 Å². The van der Waals surface area contributed by atoms with Gasteiger partial charge in [-0.2, -0.15) is 0 Å². The van der Waals surface area contributed by atoms with Gasteiger partial charge in [0.15, 0.2) is 0 Å². The van der Waals surface area contributed by atoms with E-state index >= 15 is 0 Å². The van der Waals surface area contributed by atoms with E-state index in [0.717, 1.165) is 64.9 Å². The van der Waals surface area contributed by atoms with Crippen molar-refractivity contribution in [1.29, 1.82) is 0 Å². The number of fused-ring (bicyclic) bond motifs is 2. The molecule has 0 radical (unpaired) electrons. The van der Waals surface area contributed by atoms with E-state index in [2.05, 4.69) is 45.6 Å². The maximum Gasteiger partial charge on any atom is 0.249 e. The van der Waals surface area contributed by atoms with E-state index in [4.69, 9.17) is 15.5 Å². The van der Waals surface area contributed by atoms with Crippen LogP contribution in [0.15, 0.2) is 79.4 Å². The van der Waals surface area contributed by atoms with Gasteiger partial charge in [-0.15, -0.1) is 0 Å². The minimum Gasteiger partial charge on any atom is -0.382 e. The number of nitrogen functional groups attached to an aromatic ring is 1. The molecular formula is C33H36N6O2. The summed E-state index contributed by atoms with van der Waals surface area (Å²) in [6.07, 6.45) is 13.6. The summed E-state index contributed by atoms with van der Waals surface area (Å²) in [4.78, 5) is 25.2. The van der Waals surface area contributed by atoms with Crippen molar-refractivity contribution in [2.75, 3.05) is 18.9 Å². The minimum absolute atomic E-state index is 0.109. The molecule has 5 aromatic rings. The van der Waals surface area contributed by atoms with E-state index in [1.165, 1.54) is 32.1 Å². The Balaban J connectivity index is 0.000000172. The second kappa shape index (κ2) is 12.5. The van der Waals surface area contributed by atoms with Crippen LogP contribution in [0, 0.1) is 5.92 Å². The Hall–Kier alpha value is -4.30. The molecule has 2 aliphatic rings. The fourth-order valence-corrected chi connectivity index (χ4v) is 5.75. The van der Waals surface area contributed by atoms with Crippen molar-refractivity contribution in [3.05, 3.63) is 79.4 Å². The molecule has 1 saturated heterocycles. The van der Waals surface area contributed by atoms with E-state index in [0.29, 0.717) is 11.7 Å². The molecule has 1 amide bonds. The lowest BCUT2D eigenvalue weighted by Gasteiger charge is -2.22. The van der Waals surface area contributed by atoms with Gasteiger partial charge in [0.2, 0.25) is 5.91 Å². The molecule has 7 rings (SSSR count). The largest absolute Gasteiger partial charge is 0.382 e. The molecule has 0 bridgehead atoms. The first kappa shape index (κ1) is 26.9. The molecule has 1 unspecified atom stereocenters. The summed E-state index contributed by atoms with van der Waals surface area (Å²) in [7, 11) is 0. The summed E-state index contributed by atoms with van der Waals surface area (Å²) in [5.41, 5.74) is 11.6. The average Bonchev–Trinajstić information content (AvgIpc) is 3.73. The van der Waals surface area contributed by atoms with Crippen LogP contribution in [-0.4, -0.2) is 44.5 Å². The summed E-state index contributed by atoms with van der Waals surface area (Å²) in [5.74, 6) is 1.29. The molecule has 4 heterocycles. The fraction of sp³-hybridized carbons (Fsp3) is 0.333. The summed E-state index contributed by atoms with van der Waals surface area (Å²) < 4.78 is 7.23. The van der Waals surface area contributed by atoms with Gasteiger partial charge >= 0.3 is 0 Å². The third-order valence-electron chi connectivity index (χ3n) is 8.02. The Morgan fingerprint density at radius 2 is 1.78 bits per heavy atom. The zero-order valence-electron chi connectivity index (χ0n) is 23.2. The van der Waals surface area contributed by atoms with E-state index in [9.17, 15) is 4.79 Å². The first-order valence-electron chi connectivity index (χ1n) is 14.6. The van der Waals surface area contributed by atoms with Crippen LogP contribution in [0.2, 0.25) is 0 Å². The normalized spacial score (nSPS) is 17.3. The number of aromatic nitrogens is 4. The van der Waals surface area contributed by atoms with Crippen molar-refractivity contribution < 1.29 is 9.53 Å². The molecule has 8 heteroatoms. The Kier molecular flexibility index (Phi) is 8.18. The number of ether oxygens (including phenoxy) is 1. The van der Waals surface area contributed by atoms with Crippen LogP contribution in [0.3, 0.4) is 0 Å². The summed E-state index contributed by atoms with van der Waals surface area (Å²) >= 11 is 0. The number of carbonyl (C=O) groups excluding carboxylic acids is 1. The number of nitrogens with zero attached hydrogens (tertiary/aromatic N) is 4. The molecule has 2 fully saturated rings. The highest BCUT2D eigenvalue weighted by Gasteiger charge is 2.24. The monoisotopic (exact) mass is 548 g/mol. The van der Waals surface area contributed by atoms with Crippen molar-refractivity contribution in [2.24, 2.45) is 5.92 Å². The third-order valence-corrected chi connectivity index (χ3v) is 8.02. The van der Waals surface area contributed by atoms with Crippen LogP contribution >= 0.6 is 0 Å². The number of rotatable bonds is 5.